The lowest BCUT2D eigenvalue weighted by molar-refractivity contribution is 0.545. The fourth-order valence-corrected chi connectivity index (χ4v) is 3.08. The number of nitrogens with two attached hydrogens (primary N) is 1. The Balaban J connectivity index is 1.73. The highest BCUT2D eigenvalue weighted by Crippen LogP contribution is 2.39. The molecule has 2 bridgehead atoms. The Kier molecular flexibility index (Phi) is 2.17. The number of hydrogen-bond acceptors (Lipinski definition) is 7. The van der Waals surface area contributed by atoms with Gasteiger partial charge in [0.15, 0.2) is 0 Å². The molecule has 0 radical (unpaired) electrons. The topological polar surface area (TPSA) is 98.6 Å². The quantitative estimate of drug-likeness (QED) is 0.810. The molecule has 2 fully saturated rings. The first-order valence-corrected chi connectivity index (χ1v) is 6.43. The molecule has 2 N–H and O–H groups in total. The number of hydrogen-bond donors (Lipinski definition) is 1. The summed E-state index contributed by atoms with van der Waals surface area (Å²) in [4.78, 5) is 19.0. The van der Waals surface area contributed by atoms with Crippen molar-refractivity contribution in [1.82, 2.24) is 29.7 Å². The van der Waals surface area contributed by atoms with E-state index in [4.69, 9.17) is 5.73 Å². The third-order valence-electron chi connectivity index (χ3n) is 3.92. The predicted octanol–water partition coefficient (Wildman–Crippen LogP) is 0.0232. The molecule has 2 aromatic rings. The molecule has 2 aromatic heterocycles. The number of piperidine rings is 1. The van der Waals surface area contributed by atoms with E-state index in [0.717, 1.165) is 12.5 Å². The SMILES string of the molecule is Nc1nc(N2CC3CCC2C3)nc(-n2cncn2)n1. The molecule has 2 aliphatic rings. The van der Waals surface area contributed by atoms with Crippen LogP contribution in [0.4, 0.5) is 11.9 Å². The number of rotatable bonds is 2. The zero-order valence-corrected chi connectivity index (χ0v) is 10.3. The smallest absolute Gasteiger partial charge is 0.258 e. The van der Waals surface area contributed by atoms with Crippen LogP contribution in [0, 0.1) is 5.92 Å². The minimum atomic E-state index is 0.221. The van der Waals surface area contributed by atoms with Crippen LogP contribution in [-0.4, -0.2) is 42.3 Å². The van der Waals surface area contributed by atoms with E-state index >= 15 is 0 Å². The number of anilines is 2. The van der Waals surface area contributed by atoms with Crippen LogP contribution in [0.25, 0.3) is 5.95 Å². The minimum Gasteiger partial charge on any atom is -0.368 e. The summed E-state index contributed by atoms with van der Waals surface area (Å²) in [6, 6.07) is 0.551. The summed E-state index contributed by atoms with van der Waals surface area (Å²) >= 11 is 0. The fraction of sp³-hybridized carbons (Fsp3) is 0.545. The van der Waals surface area contributed by atoms with Crippen molar-refractivity contribution < 1.29 is 0 Å². The van der Waals surface area contributed by atoms with Crippen molar-refractivity contribution in [2.75, 3.05) is 17.2 Å². The first-order chi connectivity index (χ1) is 9.29. The standard InChI is InChI=1S/C11H14N8/c12-9-15-10(18-4-7-1-2-8(18)3-7)17-11(16-9)19-6-13-5-14-19/h5-8H,1-4H2,(H2,12,15,16,17). The Labute approximate surface area is 109 Å². The second-order valence-corrected chi connectivity index (χ2v) is 5.12. The minimum absolute atomic E-state index is 0.221. The van der Waals surface area contributed by atoms with Gasteiger partial charge in [0.25, 0.3) is 5.95 Å². The van der Waals surface area contributed by atoms with Gasteiger partial charge in [-0.15, -0.1) is 0 Å². The number of fused-ring (bicyclic) bond motifs is 2. The van der Waals surface area contributed by atoms with E-state index in [1.165, 1.54) is 30.3 Å². The van der Waals surface area contributed by atoms with Crippen molar-refractivity contribution in [3.8, 4) is 5.95 Å². The van der Waals surface area contributed by atoms with Crippen LogP contribution < -0.4 is 10.6 Å². The lowest BCUT2D eigenvalue weighted by atomic mass is 10.1. The maximum atomic E-state index is 5.78. The normalized spacial score (nSPS) is 25.2. The lowest BCUT2D eigenvalue weighted by Gasteiger charge is -2.26. The van der Waals surface area contributed by atoms with E-state index in [0.29, 0.717) is 17.9 Å². The van der Waals surface area contributed by atoms with E-state index in [-0.39, 0.29) is 5.95 Å². The van der Waals surface area contributed by atoms with E-state index in [2.05, 4.69) is 29.9 Å². The number of aromatic nitrogens is 6. The summed E-state index contributed by atoms with van der Waals surface area (Å²) in [6.45, 7) is 1.02. The molecule has 2 unspecified atom stereocenters. The largest absolute Gasteiger partial charge is 0.368 e. The van der Waals surface area contributed by atoms with Gasteiger partial charge in [-0.1, -0.05) is 0 Å². The highest BCUT2D eigenvalue weighted by atomic mass is 15.4. The molecule has 3 heterocycles. The van der Waals surface area contributed by atoms with E-state index in [9.17, 15) is 0 Å². The molecule has 1 saturated carbocycles. The zero-order valence-electron chi connectivity index (χ0n) is 10.3. The maximum absolute atomic E-state index is 5.78. The molecule has 98 valence electrons. The fourth-order valence-electron chi connectivity index (χ4n) is 3.08. The van der Waals surface area contributed by atoms with Gasteiger partial charge in [0.05, 0.1) is 0 Å². The number of nitrogens with zero attached hydrogens (tertiary/aromatic N) is 7. The van der Waals surface area contributed by atoms with Crippen LogP contribution in [0.1, 0.15) is 19.3 Å². The van der Waals surface area contributed by atoms with E-state index in [1.807, 2.05) is 0 Å². The summed E-state index contributed by atoms with van der Waals surface area (Å²) in [6.07, 6.45) is 6.77. The van der Waals surface area contributed by atoms with Gasteiger partial charge in [-0.3, -0.25) is 0 Å². The molecule has 1 aliphatic carbocycles. The molecule has 0 aromatic carbocycles. The molecule has 4 rings (SSSR count). The highest BCUT2D eigenvalue weighted by Gasteiger charge is 2.39. The Morgan fingerprint density at radius 2 is 2.05 bits per heavy atom. The van der Waals surface area contributed by atoms with Gasteiger partial charge in [-0.25, -0.2) is 4.98 Å². The van der Waals surface area contributed by atoms with Gasteiger partial charge >= 0.3 is 0 Å². The summed E-state index contributed by atoms with van der Waals surface area (Å²) in [5.74, 6) is 2.07. The summed E-state index contributed by atoms with van der Waals surface area (Å²) in [5, 5.41) is 4.02. The third kappa shape index (κ3) is 1.71. The molecule has 2 atom stereocenters. The Bertz CT molecular complexity index is 595. The average molecular weight is 258 g/mol. The second-order valence-electron chi connectivity index (χ2n) is 5.12. The summed E-state index contributed by atoms with van der Waals surface area (Å²) in [5.41, 5.74) is 5.78. The Morgan fingerprint density at radius 3 is 2.74 bits per heavy atom. The van der Waals surface area contributed by atoms with Crippen molar-refractivity contribution in [3.63, 3.8) is 0 Å². The van der Waals surface area contributed by atoms with Gasteiger partial charge in [0, 0.05) is 12.6 Å². The van der Waals surface area contributed by atoms with Gasteiger partial charge in [0.1, 0.15) is 12.7 Å². The van der Waals surface area contributed by atoms with Crippen molar-refractivity contribution in [2.45, 2.75) is 25.3 Å². The van der Waals surface area contributed by atoms with Crippen LogP contribution >= 0.6 is 0 Å². The molecule has 0 amide bonds. The van der Waals surface area contributed by atoms with Crippen molar-refractivity contribution in [3.05, 3.63) is 12.7 Å². The maximum Gasteiger partial charge on any atom is 0.258 e. The zero-order chi connectivity index (χ0) is 12.8. The lowest BCUT2D eigenvalue weighted by Crippen LogP contribution is -2.34. The molecule has 8 nitrogen and oxygen atoms in total. The van der Waals surface area contributed by atoms with Crippen LogP contribution in [0.5, 0.6) is 0 Å². The molecular formula is C11H14N8. The van der Waals surface area contributed by atoms with Crippen LogP contribution in [0.15, 0.2) is 12.7 Å². The summed E-state index contributed by atoms with van der Waals surface area (Å²) in [7, 11) is 0. The van der Waals surface area contributed by atoms with Crippen molar-refractivity contribution in [2.24, 2.45) is 5.92 Å². The highest BCUT2D eigenvalue weighted by molar-refractivity contribution is 5.41. The monoisotopic (exact) mass is 258 g/mol. The van der Waals surface area contributed by atoms with Crippen molar-refractivity contribution in [1.29, 1.82) is 0 Å². The molecule has 0 spiro atoms. The molecule has 1 aliphatic heterocycles. The Hall–Kier alpha value is -2.25. The predicted molar refractivity (Wildman–Crippen MR) is 67.6 cm³/mol. The van der Waals surface area contributed by atoms with Gasteiger partial charge < -0.3 is 10.6 Å². The van der Waals surface area contributed by atoms with Crippen LogP contribution in [0.3, 0.4) is 0 Å². The van der Waals surface area contributed by atoms with Crippen molar-refractivity contribution >= 4 is 11.9 Å². The first-order valence-electron chi connectivity index (χ1n) is 6.43. The van der Waals surface area contributed by atoms with Gasteiger partial charge in [-0.05, 0) is 25.2 Å². The third-order valence-corrected chi connectivity index (χ3v) is 3.92. The van der Waals surface area contributed by atoms with E-state index in [1.54, 1.807) is 6.33 Å². The first kappa shape index (κ1) is 10.7. The number of nitrogen functional groups attached to an aromatic ring is 1. The Morgan fingerprint density at radius 1 is 1.16 bits per heavy atom. The van der Waals surface area contributed by atoms with Gasteiger partial charge in [-0.2, -0.15) is 24.7 Å². The molecular weight excluding hydrogens is 244 g/mol. The second kappa shape index (κ2) is 3.87. The molecule has 1 saturated heterocycles. The van der Waals surface area contributed by atoms with Crippen LogP contribution in [-0.2, 0) is 0 Å². The van der Waals surface area contributed by atoms with Crippen LogP contribution in [0.2, 0.25) is 0 Å². The summed E-state index contributed by atoms with van der Waals surface area (Å²) < 4.78 is 1.50. The molecule has 19 heavy (non-hydrogen) atoms. The van der Waals surface area contributed by atoms with E-state index < -0.39 is 0 Å². The molecule has 8 heteroatoms. The van der Waals surface area contributed by atoms with Gasteiger partial charge in [0.2, 0.25) is 11.9 Å². The average Bonchev–Trinajstić information content (AvgIpc) is 3.15.